The maximum Gasteiger partial charge on any atom is 0.233 e. The van der Waals surface area contributed by atoms with E-state index < -0.39 is 0 Å². The van der Waals surface area contributed by atoms with Crippen LogP contribution in [0.1, 0.15) is 51.9 Å². The number of fused-ring (bicyclic) bond motifs is 1. The molecule has 0 spiro atoms. The molecule has 0 radical (unpaired) electrons. The summed E-state index contributed by atoms with van der Waals surface area (Å²) in [5.41, 5.74) is 6.14. The molecule has 2 amide bonds. The fourth-order valence-corrected chi connectivity index (χ4v) is 4.28. The third-order valence-corrected chi connectivity index (χ3v) is 5.46. The molecule has 0 aromatic rings. The van der Waals surface area contributed by atoms with Gasteiger partial charge in [0.1, 0.15) is 0 Å². The first kappa shape index (κ1) is 13.1. The summed E-state index contributed by atoms with van der Waals surface area (Å²) in [7, 11) is 0. The second kappa shape index (κ2) is 4.89. The van der Waals surface area contributed by atoms with E-state index in [1.165, 1.54) is 0 Å². The first-order valence-electron chi connectivity index (χ1n) is 7.76. The van der Waals surface area contributed by atoms with Gasteiger partial charge in [0.25, 0.3) is 0 Å². The van der Waals surface area contributed by atoms with E-state index in [1.807, 2.05) is 0 Å². The molecule has 3 aliphatic rings. The van der Waals surface area contributed by atoms with Gasteiger partial charge in [-0.25, -0.2) is 0 Å². The molecule has 2 saturated carbocycles. The van der Waals surface area contributed by atoms with Gasteiger partial charge < -0.3 is 5.73 Å². The van der Waals surface area contributed by atoms with Gasteiger partial charge in [-0.2, -0.15) is 0 Å². The minimum atomic E-state index is -0.0356. The van der Waals surface area contributed by atoms with Gasteiger partial charge in [0.05, 0.1) is 17.9 Å². The number of hydrogen-bond donors (Lipinski definition) is 1. The zero-order valence-corrected chi connectivity index (χ0v) is 11.7. The van der Waals surface area contributed by atoms with E-state index in [0.717, 1.165) is 44.9 Å². The van der Waals surface area contributed by atoms with Crippen molar-refractivity contribution in [2.24, 2.45) is 23.5 Å². The first-order valence-corrected chi connectivity index (χ1v) is 7.76. The quantitative estimate of drug-likeness (QED) is 0.772. The lowest BCUT2D eigenvalue weighted by Gasteiger charge is -2.35. The van der Waals surface area contributed by atoms with Crippen LogP contribution in [0.2, 0.25) is 0 Å². The van der Waals surface area contributed by atoms with Gasteiger partial charge in [-0.15, -0.1) is 0 Å². The summed E-state index contributed by atoms with van der Waals surface area (Å²) < 4.78 is 0. The molecule has 3 fully saturated rings. The smallest absolute Gasteiger partial charge is 0.233 e. The van der Waals surface area contributed by atoms with Gasteiger partial charge in [-0.3, -0.25) is 14.5 Å². The molecule has 4 nitrogen and oxygen atoms in total. The van der Waals surface area contributed by atoms with E-state index >= 15 is 0 Å². The molecule has 2 N–H and O–H groups in total. The third kappa shape index (κ3) is 2.00. The predicted octanol–water partition coefficient (Wildman–Crippen LogP) is 1.68. The van der Waals surface area contributed by atoms with E-state index in [4.69, 9.17) is 5.73 Å². The zero-order chi connectivity index (χ0) is 13.6. The Morgan fingerprint density at radius 2 is 1.68 bits per heavy atom. The Labute approximate surface area is 114 Å². The van der Waals surface area contributed by atoms with Crippen molar-refractivity contribution in [3.05, 3.63) is 0 Å². The SMILES string of the molecule is CCC1CC2C(=O)N(C3CCCCC3N)C(=O)C2C1. The van der Waals surface area contributed by atoms with Crippen molar-refractivity contribution in [1.29, 1.82) is 0 Å². The number of imide groups is 1. The second-order valence-corrected chi connectivity index (χ2v) is 6.52. The van der Waals surface area contributed by atoms with Crippen molar-refractivity contribution >= 4 is 11.8 Å². The summed E-state index contributed by atoms with van der Waals surface area (Å²) in [4.78, 5) is 26.7. The van der Waals surface area contributed by atoms with E-state index in [-0.39, 0.29) is 35.7 Å². The van der Waals surface area contributed by atoms with Crippen LogP contribution in [0.25, 0.3) is 0 Å². The van der Waals surface area contributed by atoms with E-state index in [0.29, 0.717) is 5.92 Å². The largest absolute Gasteiger partial charge is 0.326 e. The van der Waals surface area contributed by atoms with Crippen LogP contribution in [-0.2, 0) is 9.59 Å². The summed E-state index contributed by atoms with van der Waals surface area (Å²) in [6, 6.07) is -0.0399. The molecular weight excluding hydrogens is 240 g/mol. The van der Waals surface area contributed by atoms with Crippen molar-refractivity contribution in [1.82, 2.24) is 4.90 Å². The number of nitrogens with zero attached hydrogens (tertiary/aromatic N) is 1. The van der Waals surface area contributed by atoms with Crippen molar-refractivity contribution in [2.75, 3.05) is 0 Å². The predicted molar refractivity (Wildman–Crippen MR) is 72.1 cm³/mol. The van der Waals surface area contributed by atoms with Crippen molar-refractivity contribution in [2.45, 2.75) is 64.0 Å². The van der Waals surface area contributed by atoms with Gasteiger partial charge >= 0.3 is 0 Å². The molecule has 0 aromatic carbocycles. The third-order valence-electron chi connectivity index (χ3n) is 5.46. The molecule has 0 bridgehead atoms. The van der Waals surface area contributed by atoms with E-state index in [1.54, 1.807) is 4.90 Å². The highest BCUT2D eigenvalue weighted by Gasteiger charge is 2.54. The Bertz CT molecular complexity index is 372. The number of amides is 2. The molecule has 4 heteroatoms. The van der Waals surface area contributed by atoms with Crippen LogP contribution in [0.3, 0.4) is 0 Å². The number of nitrogens with two attached hydrogens (primary N) is 1. The average Bonchev–Trinajstić information content (AvgIpc) is 2.92. The van der Waals surface area contributed by atoms with Crippen LogP contribution in [0.15, 0.2) is 0 Å². The fourth-order valence-electron chi connectivity index (χ4n) is 4.28. The lowest BCUT2D eigenvalue weighted by Crippen LogP contribution is -2.52. The summed E-state index contributed by atoms with van der Waals surface area (Å²) in [5, 5.41) is 0. The highest BCUT2D eigenvalue weighted by molar-refractivity contribution is 6.05. The first-order chi connectivity index (χ1) is 9.13. The maximum atomic E-state index is 12.6. The number of hydrogen-bond acceptors (Lipinski definition) is 3. The van der Waals surface area contributed by atoms with Crippen LogP contribution >= 0.6 is 0 Å². The Balaban J connectivity index is 1.78. The van der Waals surface area contributed by atoms with Crippen LogP contribution in [0.5, 0.6) is 0 Å². The molecule has 1 heterocycles. The van der Waals surface area contributed by atoms with Crippen LogP contribution in [0, 0.1) is 17.8 Å². The summed E-state index contributed by atoms with van der Waals surface area (Å²) in [6.07, 6.45) is 6.94. The molecule has 0 aromatic heterocycles. The standard InChI is InChI=1S/C15H24N2O2/c1-2-9-7-10-11(8-9)15(19)17(14(10)18)13-6-4-3-5-12(13)16/h9-13H,2-8,16H2,1H3. The van der Waals surface area contributed by atoms with Crippen LogP contribution in [0.4, 0.5) is 0 Å². The number of rotatable bonds is 2. The molecule has 4 atom stereocenters. The molecule has 1 aliphatic heterocycles. The second-order valence-electron chi connectivity index (χ2n) is 6.52. The average molecular weight is 264 g/mol. The Hall–Kier alpha value is -0.900. The molecule has 19 heavy (non-hydrogen) atoms. The Kier molecular flexibility index (Phi) is 3.37. The molecular formula is C15H24N2O2. The van der Waals surface area contributed by atoms with E-state index in [2.05, 4.69) is 6.92 Å². The zero-order valence-electron chi connectivity index (χ0n) is 11.7. The molecule has 106 valence electrons. The number of likely N-dealkylation sites (tertiary alicyclic amines) is 1. The number of carbonyl (C=O) groups excluding carboxylic acids is 2. The van der Waals surface area contributed by atoms with Gasteiger partial charge in [0.15, 0.2) is 0 Å². The van der Waals surface area contributed by atoms with Gasteiger partial charge in [0.2, 0.25) is 11.8 Å². The monoisotopic (exact) mass is 264 g/mol. The molecule has 1 saturated heterocycles. The van der Waals surface area contributed by atoms with Gasteiger partial charge in [-0.1, -0.05) is 26.2 Å². The highest BCUT2D eigenvalue weighted by Crippen LogP contribution is 2.45. The fraction of sp³-hybridized carbons (Fsp3) is 0.867. The van der Waals surface area contributed by atoms with Gasteiger partial charge in [-0.05, 0) is 31.6 Å². The highest BCUT2D eigenvalue weighted by atomic mass is 16.2. The van der Waals surface area contributed by atoms with E-state index in [9.17, 15) is 9.59 Å². The molecule has 2 aliphatic carbocycles. The topological polar surface area (TPSA) is 63.4 Å². The summed E-state index contributed by atoms with van der Waals surface area (Å²) >= 11 is 0. The molecule has 3 rings (SSSR count). The lowest BCUT2D eigenvalue weighted by atomic mass is 9.89. The maximum absolute atomic E-state index is 12.6. The summed E-state index contributed by atoms with van der Waals surface area (Å²) in [6.45, 7) is 2.15. The van der Waals surface area contributed by atoms with Crippen molar-refractivity contribution in [3.8, 4) is 0 Å². The minimum Gasteiger partial charge on any atom is -0.326 e. The van der Waals surface area contributed by atoms with Crippen LogP contribution < -0.4 is 5.73 Å². The van der Waals surface area contributed by atoms with Crippen LogP contribution in [-0.4, -0.2) is 28.8 Å². The summed E-state index contributed by atoms with van der Waals surface area (Å²) in [5.74, 6) is 0.643. The Morgan fingerprint density at radius 3 is 2.21 bits per heavy atom. The van der Waals surface area contributed by atoms with Crippen molar-refractivity contribution < 1.29 is 9.59 Å². The van der Waals surface area contributed by atoms with Gasteiger partial charge in [0, 0.05) is 6.04 Å². The lowest BCUT2D eigenvalue weighted by molar-refractivity contribution is -0.144. The molecule has 4 unspecified atom stereocenters. The van der Waals surface area contributed by atoms with Crippen molar-refractivity contribution in [3.63, 3.8) is 0 Å². The number of carbonyl (C=O) groups is 2. The minimum absolute atomic E-state index is 0.0116. The Morgan fingerprint density at radius 1 is 1.11 bits per heavy atom. The normalized spacial score (nSPS) is 42.8.